The van der Waals surface area contributed by atoms with Crippen molar-refractivity contribution >= 4 is 62.3 Å². The summed E-state index contributed by atoms with van der Waals surface area (Å²) in [5.41, 5.74) is 8.00. The molecule has 0 aliphatic heterocycles. The molecule has 0 fully saturated rings. The molecular formula is C30H32N2Si. The minimum absolute atomic E-state index is 0.263. The fourth-order valence-electron chi connectivity index (χ4n) is 5.60. The van der Waals surface area contributed by atoms with Crippen molar-refractivity contribution in [3.63, 3.8) is 0 Å². The first-order valence-electron chi connectivity index (χ1n) is 12.0. The Balaban J connectivity index is 1.88. The first kappa shape index (κ1) is 20.7. The van der Waals surface area contributed by atoms with Gasteiger partial charge in [0.1, 0.15) is 0 Å². The second-order valence-electron chi connectivity index (χ2n) is 12.1. The topological polar surface area (TPSA) is 17.3 Å². The zero-order chi connectivity index (χ0) is 23.3. The van der Waals surface area contributed by atoms with E-state index >= 15 is 0 Å². The van der Waals surface area contributed by atoms with Gasteiger partial charge in [-0.15, -0.1) is 0 Å². The summed E-state index contributed by atoms with van der Waals surface area (Å²) in [4.78, 5) is 4.93. The van der Waals surface area contributed by atoms with Gasteiger partial charge in [-0.25, -0.2) is 0 Å². The molecule has 0 radical (unpaired) electrons. The summed E-state index contributed by atoms with van der Waals surface area (Å²) in [6, 6.07) is 18.9. The molecule has 33 heavy (non-hydrogen) atoms. The molecule has 166 valence electrons. The lowest BCUT2D eigenvalue weighted by Gasteiger charge is -2.20. The number of aryl methyl sites for hydroxylation is 1. The van der Waals surface area contributed by atoms with E-state index in [1.807, 2.05) is 6.20 Å². The van der Waals surface area contributed by atoms with Gasteiger partial charge in [-0.1, -0.05) is 57.7 Å². The van der Waals surface area contributed by atoms with Gasteiger partial charge < -0.3 is 4.40 Å². The third-order valence-corrected chi connectivity index (χ3v) is 9.03. The van der Waals surface area contributed by atoms with Crippen molar-refractivity contribution in [2.45, 2.75) is 53.8 Å². The van der Waals surface area contributed by atoms with E-state index in [2.05, 4.69) is 100 Å². The van der Waals surface area contributed by atoms with E-state index in [0.29, 0.717) is 0 Å². The minimum Gasteiger partial charge on any atom is -0.308 e. The number of hydrogen-bond donors (Lipinski definition) is 0. The first-order chi connectivity index (χ1) is 15.5. The van der Waals surface area contributed by atoms with Gasteiger partial charge in [0, 0.05) is 27.7 Å². The Kier molecular flexibility index (Phi) is 4.12. The molecule has 0 unspecified atom stereocenters. The van der Waals surface area contributed by atoms with Crippen molar-refractivity contribution in [1.82, 2.24) is 9.38 Å². The number of hydrogen-bond acceptors (Lipinski definition) is 1. The highest BCUT2D eigenvalue weighted by Crippen LogP contribution is 2.40. The standard InChI is InChI=1S/C30H32N2Si/c1-18-12-23-22-14-19(17-30(2,3)4)8-9-25(22)32-26-16-21(33(5,6)7)15-20-10-11-31-28(27(20)26)24(13-18)29(23)32/h8-16H,17H2,1-7H3. The highest BCUT2D eigenvalue weighted by atomic mass is 28.3. The molecule has 0 N–H and O–H groups in total. The molecule has 6 aromatic rings. The number of rotatable bonds is 2. The summed E-state index contributed by atoms with van der Waals surface area (Å²) in [5, 5.41) is 8.06. The Hall–Kier alpha value is -2.91. The van der Waals surface area contributed by atoms with Gasteiger partial charge >= 0.3 is 0 Å². The number of pyridine rings is 2. The Morgan fingerprint density at radius 2 is 1.61 bits per heavy atom. The SMILES string of the molecule is Cc1cc2c3cc(CC(C)(C)C)ccc3n3c4cc([Si](C)(C)C)cc5ccnc(c(c1)c23)c54. The molecule has 2 nitrogen and oxygen atoms in total. The van der Waals surface area contributed by atoms with Crippen LogP contribution in [0.4, 0.5) is 0 Å². The average molecular weight is 449 g/mol. The lowest BCUT2D eigenvalue weighted by atomic mass is 9.88. The van der Waals surface area contributed by atoms with E-state index in [-0.39, 0.29) is 5.41 Å². The zero-order valence-electron chi connectivity index (χ0n) is 20.8. The fourth-order valence-corrected chi connectivity index (χ4v) is 6.76. The fraction of sp³-hybridized carbons (Fsp3) is 0.300. The van der Waals surface area contributed by atoms with Crippen molar-refractivity contribution < 1.29 is 0 Å². The third-order valence-electron chi connectivity index (χ3n) is 7.01. The summed E-state index contributed by atoms with van der Waals surface area (Å²) in [6.07, 6.45) is 3.06. The summed E-state index contributed by atoms with van der Waals surface area (Å²) < 4.78 is 2.53. The minimum atomic E-state index is -1.49. The van der Waals surface area contributed by atoms with Crippen LogP contribution in [0.15, 0.2) is 54.7 Å². The number of aromatic nitrogens is 2. The van der Waals surface area contributed by atoms with Crippen LogP contribution in [0.25, 0.3) is 49.0 Å². The van der Waals surface area contributed by atoms with Crippen LogP contribution in [-0.2, 0) is 6.42 Å². The second kappa shape index (κ2) is 6.57. The van der Waals surface area contributed by atoms with Crippen LogP contribution in [0.5, 0.6) is 0 Å². The lowest BCUT2D eigenvalue weighted by Crippen LogP contribution is -2.37. The van der Waals surface area contributed by atoms with Crippen molar-refractivity contribution in [2.75, 3.05) is 0 Å². The van der Waals surface area contributed by atoms with E-state index in [1.165, 1.54) is 59.8 Å². The summed E-state index contributed by atoms with van der Waals surface area (Å²) >= 11 is 0. The molecular weight excluding hydrogens is 416 g/mol. The van der Waals surface area contributed by atoms with Gasteiger partial charge in [-0.05, 0) is 71.7 Å². The molecule has 0 saturated carbocycles. The van der Waals surface area contributed by atoms with Crippen LogP contribution in [0.1, 0.15) is 31.9 Å². The van der Waals surface area contributed by atoms with E-state index in [0.717, 1.165) is 11.9 Å². The molecule has 3 aromatic heterocycles. The van der Waals surface area contributed by atoms with Crippen LogP contribution in [0.2, 0.25) is 19.6 Å². The molecule has 3 heteroatoms. The van der Waals surface area contributed by atoms with E-state index in [9.17, 15) is 0 Å². The average Bonchev–Trinajstić information content (AvgIpc) is 3.03. The smallest absolute Gasteiger partial charge is 0.0822 e. The molecule has 6 rings (SSSR count). The van der Waals surface area contributed by atoms with Crippen molar-refractivity contribution in [2.24, 2.45) is 5.41 Å². The number of benzene rings is 3. The largest absolute Gasteiger partial charge is 0.308 e. The number of nitrogens with zero attached hydrogens (tertiary/aromatic N) is 2. The van der Waals surface area contributed by atoms with Crippen LogP contribution in [-0.4, -0.2) is 17.5 Å². The van der Waals surface area contributed by atoms with E-state index in [1.54, 1.807) is 0 Å². The lowest BCUT2D eigenvalue weighted by molar-refractivity contribution is 0.411. The predicted molar refractivity (Wildman–Crippen MR) is 147 cm³/mol. The number of fused-ring (bicyclic) bond motifs is 5. The van der Waals surface area contributed by atoms with Gasteiger partial charge in [0.25, 0.3) is 0 Å². The normalized spacial score (nSPS) is 13.4. The van der Waals surface area contributed by atoms with Crippen LogP contribution >= 0.6 is 0 Å². The highest BCUT2D eigenvalue weighted by molar-refractivity contribution is 6.89. The van der Waals surface area contributed by atoms with Gasteiger partial charge in [-0.3, -0.25) is 4.98 Å². The molecule has 0 saturated heterocycles. The Bertz CT molecular complexity index is 1710. The highest BCUT2D eigenvalue weighted by Gasteiger charge is 2.23. The van der Waals surface area contributed by atoms with Crippen molar-refractivity contribution in [1.29, 1.82) is 0 Å². The summed E-state index contributed by atoms with van der Waals surface area (Å²) in [6.45, 7) is 16.5. The van der Waals surface area contributed by atoms with E-state index < -0.39 is 8.07 Å². The van der Waals surface area contributed by atoms with Gasteiger partial charge in [0.05, 0.1) is 30.1 Å². The maximum atomic E-state index is 4.93. The first-order valence-corrected chi connectivity index (χ1v) is 15.5. The second-order valence-corrected chi connectivity index (χ2v) is 17.2. The van der Waals surface area contributed by atoms with Gasteiger partial charge in [-0.2, -0.15) is 0 Å². The Morgan fingerprint density at radius 3 is 2.33 bits per heavy atom. The van der Waals surface area contributed by atoms with Crippen LogP contribution in [0, 0.1) is 12.3 Å². The molecule has 0 amide bonds. The molecule has 3 aromatic carbocycles. The van der Waals surface area contributed by atoms with E-state index in [4.69, 9.17) is 4.98 Å². The van der Waals surface area contributed by atoms with Gasteiger partial charge in [0.15, 0.2) is 0 Å². The molecule has 0 bridgehead atoms. The monoisotopic (exact) mass is 448 g/mol. The van der Waals surface area contributed by atoms with Crippen molar-refractivity contribution in [3.8, 4) is 0 Å². The van der Waals surface area contributed by atoms with Crippen molar-refractivity contribution in [3.05, 3.63) is 65.9 Å². The molecule has 0 atom stereocenters. The van der Waals surface area contributed by atoms with Crippen LogP contribution in [0.3, 0.4) is 0 Å². The zero-order valence-corrected chi connectivity index (χ0v) is 21.8. The Morgan fingerprint density at radius 1 is 0.848 bits per heavy atom. The molecule has 0 aliphatic rings. The maximum Gasteiger partial charge on any atom is 0.0822 e. The summed E-state index contributed by atoms with van der Waals surface area (Å²) in [7, 11) is -1.49. The van der Waals surface area contributed by atoms with Crippen LogP contribution < -0.4 is 5.19 Å². The van der Waals surface area contributed by atoms with Gasteiger partial charge in [0.2, 0.25) is 0 Å². The third kappa shape index (κ3) is 3.09. The molecule has 3 heterocycles. The maximum absolute atomic E-state index is 4.93. The molecule has 0 aliphatic carbocycles. The quantitative estimate of drug-likeness (QED) is 0.150. The predicted octanol–water partition coefficient (Wildman–Crippen LogP) is 7.83. The molecule has 0 spiro atoms. The summed E-state index contributed by atoms with van der Waals surface area (Å²) in [5.74, 6) is 0. The Labute approximate surface area is 196 Å².